The van der Waals surface area contributed by atoms with Gasteiger partial charge in [-0.05, 0) is 49.2 Å². The van der Waals surface area contributed by atoms with Gasteiger partial charge in [-0.25, -0.2) is 8.42 Å². The molecule has 3 rings (SSSR count). The van der Waals surface area contributed by atoms with E-state index in [0.29, 0.717) is 23.8 Å². The largest absolute Gasteiger partial charge is 0.382 e. The van der Waals surface area contributed by atoms with Crippen LogP contribution in [-0.4, -0.2) is 35.2 Å². The third-order valence-corrected chi connectivity index (χ3v) is 6.85. The normalized spacial score (nSPS) is 18.1. The van der Waals surface area contributed by atoms with Crippen molar-refractivity contribution in [3.8, 4) is 0 Å². The van der Waals surface area contributed by atoms with E-state index in [2.05, 4.69) is 21.2 Å². The Bertz CT molecular complexity index is 886. The lowest BCUT2D eigenvalue weighted by atomic mass is 9.97. The highest BCUT2D eigenvalue weighted by Crippen LogP contribution is 2.40. The zero-order chi connectivity index (χ0) is 18.7. The summed E-state index contributed by atoms with van der Waals surface area (Å²) >= 11 is 3.40. The summed E-state index contributed by atoms with van der Waals surface area (Å²) in [5.41, 5.74) is 2.42. The fourth-order valence-electron chi connectivity index (χ4n) is 3.22. The van der Waals surface area contributed by atoms with Crippen molar-refractivity contribution in [1.82, 2.24) is 5.32 Å². The number of rotatable bonds is 6. The molecule has 1 aliphatic rings. The van der Waals surface area contributed by atoms with E-state index < -0.39 is 10.0 Å². The molecule has 0 radical (unpaired) electrons. The predicted octanol–water partition coefficient (Wildman–Crippen LogP) is 3.69. The zero-order valence-electron chi connectivity index (χ0n) is 14.9. The summed E-state index contributed by atoms with van der Waals surface area (Å²) in [6.45, 7) is 4.09. The number of nitrogens with one attached hydrogen (secondary N) is 1. The molecule has 1 heterocycles. The Balaban J connectivity index is 2.07. The molecule has 140 valence electrons. The van der Waals surface area contributed by atoms with Crippen LogP contribution < -0.4 is 9.62 Å². The van der Waals surface area contributed by atoms with E-state index in [1.54, 1.807) is 13.1 Å². The van der Waals surface area contributed by atoms with Crippen LogP contribution >= 0.6 is 15.9 Å². The number of anilines is 1. The lowest BCUT2D eigenvalue weighted by Crippen LogP contribution is -2.26. The molecule has 0 bridgehead atoms. The number of sulfonamides is 1. The molecule has 1 atom stereocenters. The van der Waals surface area contributed by atoms with Gasteiger partial charge in [-0.2, -0.15) is 0 Å². The van der Waals surface area contributed by atoms with Crippen LogP contribution in [0.4, 0.5) is 5.69 Å². The van der Waals surface area contributed by atoms with Gasteiger partial charge < -0.3 is 10.1 Å². The molecule has 2 aromatic rings. The maximum Gasteiger partial charge on any atom is 0.264 e. The molecular weight excluding hydrogens is 416 g/mol. The number of halogens is 1. The molecule has 1 aliphatic heterocycles. The highest BCUT2D eigenvalue weighted by atomic mass is 79.9. The molecule has 0 amide bonds. The summed E-state index contributed by atoms with van der Waals surface area (Å²) in [6, 6.07) is 12.9. The lowest BCUT2D eigenvalue weighted by Gasteiger charge is -2.22. The first-order valence-corrected chi connectivity index (χ1v) is 10.9. The topological polar surface area (TPSA) is 58.6 Å². The highest BCUT2D eigenvalue weighted by Gasteiger charge is 2.34. The van der Waals surface area contributed by atoms with E-state index in [1.165, 1.54) is 4.31 Å². The Kier molecular flexibility index (Phi) is 6.02. The molecule has 1 unspecified atom stereocenters. The number of fused-ring (bicyclic) bond motifs is 2. The van der Waals surface area contributed by atoms with Crippen LogP contribution in [-0.2, 0) is 14.8 Å². The Hall–Kier alpha value is -1.41. The summed E-state index contributed by atoms with van der Waals surface area (Å²) < 4.78 is 33.8. The van der Waals surface area contributed by atoms with Crippen LogP contribution in [0.2, 0.25) is 0 Å². The first-order chi connectivity index (χ1) is 12.5. The van der Waals surface area contributed by atoms with Crippen molar-refractivity contribution in [2.45, 2.75) is 24.3 Å². The summed E-state index contributed by atoms with van der Waals surface area (Å²) in [5, 5.41) is 3.52. The lowest BCUT2D eigenvalue weighted by molar-refractivity contribution is 0.144. The van der Waals surface area contributed by atoms with Gasteiger partial charge in [0, 0.05) is 24.7 Å². The van der Waals surface area contributed by atoms with Crippen LogP contribution in [0.5, 0.6) is 0 Å². The number of ether oxygens (including phenoxy) is 1. The van der Waals surface area contributed by atoms with E-state index in [1.807, 2.05) is 43.3 Å². The number of nitrogens with zero attached hydrogens (tertiary/aromatic N) is 1. The minimum absolute atomic E-state index is 0.198. The van der Waals surface area contributed by atoms with Gasteiger partial charge >= 0.3 is 0 Å². The molecule has 2 aromatic carbocycles. The van der Waals surface area contributed by atoms with Crippen LogP contribution in [0.25, 0.3) is 0 Å². The van der Waals surface area contributed by atoms with E-state index in [0.717, 1.165) is 28.6 Å². The van der Waals surface area contributed by atoms with Crippen molar-refractivity contribution >= 4 is 31.6 Å². The number of benzene rings is 2. The highest BCUT2D eigenvalue weighted by molar-refractivity contribution is 9.10. The van der Waals surface area contributed by atoms with Crippen molar-refractivity contribution in [2.75, 3.05) is 31.1 Å². The van der Waals surface area contributed by atoms with Crippen molar-refractivity contribution in [3.05, 3.63) is 58.1 Å². The van der Waals surface area contributed by atoms with Gasteiger partial charge in [0.05, 0.1) is 16.6 Å². The maximum absolute atomic E-state index is 13.2. The Morgan fingerprint density at radius 3 is 2.73 bits per heavy atom. The van der Waals surface area contributed by atoms with Crippen molar-refractivity contribution < 1.29 is 13.2 Å². The molecule has 5 nitrogen and oxygen atoms in total. The molecule has 1 N–H and O–H groups in total. The minimum Gasteiger partial charge on any atom is -0.382 e. The molecule has 26 heavy (non-hydrogen) atoms. The molecule has 0 fully saturated rings. The van der Waals surface area contributed by atoms with Crippen molar-refractivity contribution in [2.24, 2.45) is 0 Å². The molecule has 0 saturated heterocycles. The second-order valence-electron chi connectivity index (χ2n) is 6.15. The van der Waals surface area contributed by atoms with Gasteiger partial charge in [0.15, 0.2) is 0 Å². The number of hydrogen-bond donors (Lipinski definition) is 1. The SMILES string of the molecule is CCOCCCNC1c2ccccc2N(C)S(=O)(=O)c2cc(Br)ccc21. The Labute approximate surface area is 163 Å². The fraction of sp³-hybridized carbons (Fsp3) is 0.368. The summed E-state index contributed by atoms with van der Waals surface area (Å²) in [7, 11) is -2.02. The fourth-order valence-corrected chi connectivity index (χ4v) is 5.21. The predicted molar refractivity (Wildman–Crippen MR) is 107 cm³/mol. The van der Waals surface area contributed by atoms with Crippen LogP contribution in [0.3, 0.4) is 0 Å². The second kappa shape index (κ2) is 8.08. The standard InChI is InChI=1S/C19H23BrN2O3S/c1-3-25-12-6-11-21-19-15-7-4-5-8-17(15)22(2)26(23,24)18-13-14(20)9-10-16(18)19/h4-5,7-10,13,19,21H,3,6,11-12H2,1-2H3. The van der Waals surface area contributed by atoms with Gasteiger partial charge in [-0.1, -0.05) is 40.2 Å². The number of para-hydroxylation sites is 1. The molecule has 0 saturated carbocycles. The van der Waals surface area contributed by atoms with Gasteiger partial charge in [-0.3, -0.25) is 4.31 Å². The Morgan fingerprint density at radius 1 is 1.19 bits per heavy atom. The average molecular weight is 439 g/mol. The van der Waals surface area contributed by atoms with Crippen LogP contribution in [0.1, 0.15) is 30.5 Å². The summed E-state index contributed by atoms with van der Waals surface area (Å²) in [4.78, 5) is 0.327. The minimum atomic E-state index is -3.63. The van der Waals surface area contributed by atoms with E-state index in [9.17, 15) is 8.42 Å². The third kappa shape index (κ3) is 3.67. The first kappa shape index (κ1) is 19.4. The average Bonchev–Trinajstić information content (AvgIpc) is 2.70. The first-order valence-electron chi connectivity index (χ1n) is 8.65. The van der Waals surface area contributed by atoms with Gasteiger partial charge in [-0.15, -0.1) is 0 Å². The van der Waals surface area contributed by atoms with E-state index >= 15 is 0 Å². The van der Waals surface area contributed by atoms with Gasteiger partial charge in [0.1, 0.15) is 0 Å². The summed E-state index contributed by atoms with van der Waals surface area (Å²) in [6.07, 6.45) is 0.862. The Morgan fingerprint density at radius 2 is 1.96 bits per heavy atom. The smallest absolute Gasteiger partial charge is 0.264 e. The third-order valence-electron chi connectivity index (χ3n) is 4.53. The van der Waals surface area contributed by atoms with E-state index in [-0.39, 0.29) is 6.04 Å². The van der Waals surface area contributed by atoms with Crippen LogP contribution in [0, 0.1) is 0 Å². The second-order valence-corrected chi connectivity index (χ2v) is 9.00. The summed E-state index contributed by atoms with van der Waals surface area (Å²) in [5.74, 6) is 0. The van der Waals surface area contributed by atoms with Crippen molar-refractivity contribution in [3.63, 3.8) is 0 Å². The zero-order valence-corrected chi connectivity index (χ0v) is 17.3. The molecule has 0 aromatic heterocycles. The number of hydrogen-bond acceptors (Lipinski definition) is 4. The monoisotopic (exact) mass is 438 g/mol. The van der Waals surface area contributed by atoms with Crippen LogP contribution in [0.15, 0.2) is 51.8 Å². The van der Waals surface area contributed by atoms with Gasteiger partial charge in [0.25, 0.3) is 10.0 Å². The molecule has 0 spiro atoms. The quantitative estimate of drug-likeness (QED) is 0.698. The molecular formula is C19H23BrN2O3S. The molecule has 0 aliphatic carbocycles. The maximum atomic E-state index is 13.2. The van der Waals surface area contributed by atoms with E-state index in [4.69, 9.17) is 4.74 Å². The molecule has 7 heteroatoms. The van der Waals surface area contributed by atoms with Crippen molar-refractivity contribution in [1.29, 1.82) is 0 Å². The van der Waals surface area contributed by atoms with Gasteiger partial charge in [0.2, 0.25) is 0 Å².